The van der Waals surface area contributed by atoms with E-state index in [4.69, 9.17) is 4.42 Å². The third-order valence-electron chi connectivity index (χ3n) is 5.38. The molecular formula is C21H24N4O3. The first-order chi connectivity index (χ1) is 13.3. The van der Waals surface area contributed by atoms with Gasteiger partial charge in [-0.05, 0) is 63.4 Å². The number of carbonyl (C=O) groups excluding carboxylic acids is 1. The molecule has 1 aromatic carbocycles. The molecule has 2 amide bonds. The van der Waals surface area contributed by atoms with Crippen molar-refractivity contribution in [3.8, 4) is 0 Å². The number of urea groups is 1. The number of nitrogens with zero attached hydrogens (tertiary/aromatic N) is 3. The Kier molecular flexibility index (Phi) is 4.45. The van der Waals surface area contributed by atoms with Crippen molar-refractivity contribution in [2.45, 2.75) is 40.2 Å². The van der Waals surface area contributed by atoms with Gasteiger partial charge in [-0.25, -0.2) is 9.59 Å². The van der Waals surface area contributed by atoms with Crippen molar-refractivity contribution >= 4 is 22.7 Å². The third kappa shape index (κ3) is 3.28. The van der Waals surface area contributed by atoms with Crippen LogP contribution in [0.1, 0.15) is 35.0 Å². The minimum absolute atomic E-state index is 0.124. The number of carbonyl (C=O) groups is 1. The molecular weight excluding hydrogens is 356 g/mol. The highest BCUT2D eigenvalue weighted by Crippen LogP contribution is 2.27. The van der Waals surface area contributed by atoms with E-state index in [-0.39, 0.29) is 17.7 Å². The molecule has 3 heterocycles. The maximum Gasteiger partial charge on any atom is 0.336 e. The van der Waals surface area contributed by atoms with Gasteiger partial charge in [-0.15, -0.1) is 0 Å². The molecule has 1 saturated heterocycles. The van der Waals surface area contributed by atoms with E-state index in [1.807, 2.05) is 43.3 Å². The fraction of sp³-hybridized carbons (Fsp3) is 0.381. The largest absolute Gasteiger partial charge is 0.423 e. The Bertz CT molecular complexity index is 1130. The Labute approximate surface area is 162 Å². The topological polar surface area (TPSA) is 80.4 Å². The van der Waals surface area contributed by atoms with Gasteiger partial charge in [0.05, 0.1) is 11.7 Å². The molecule has 0 spiro atoms. The van der Waals surface area contributed by atoms with Gasteiger partial charge in [0.15, 0.2) is 0 Å². The second kappa shape index (κ2) is 6.82. The summed E-state index contributed by atoms with van der Waals surface area (Å²) in [7, 11) is 0. The Balaban J connectivity index is 1.53. The van der Waals surface area contributed by atoms with Crippen LogP contribution in [0.15, 0.2) is 33.5 Å². The zero-order chi connectivity index (χ0) is 20.0. The van der Waals surface area contributed by atoms with Crippen molar-refractivity contribution in [3.63, 3.8) is 0 Å². The number of aromatic nitrogens is 2. The molecule has 0 bridgehead atoms. The first-order valence-corrected chi connectivity index (χ1v) is 9.45. The number of aryl methyl sites for hydroxylation is 4. The van der Waals surface area contributed by atoms with Gasteiger partial charge < -0.3 is 14.6 Å². The van der Waals surface area contributed by atoms with E-state index in [2.05, 4.69) is 16.5 Å². The standard InChI is InChI=1S/C21H24N4O3/c1-12-8-20(26)28-19-7-13(2)18(10-17(12)19)22-21(27)24-6-5-16(11-24)25-15(4)9-14(3)23-25/h7-10,16H,5-6,11H2,1-4H3,(H,22,27)/t16-/m0/s1. The number of hydrogen-bond donors (Lipinski definition) is 1. The van der Waals surface area contributed by atoms with Crippen LogP contribution >= 0.6 is 0 Å². The van der Waals surface area contributed by atoms with Crippen LogP contribution in [0.4, 0.5) is 10.5 Å². The van der Waals surface area contributed by atoms with E-state index >= 15 is 0 Å². The molecule has 2 aromatic heterocycles. The Morgan fingerprint density at radius 1 is 1.14 bits per heavy atom. The van der Waals surface area contributed by atoms with Gasteiger partial charge in [0.2, 0.25) is 0 Å². The van der Waals surface area contributed by atoms with Crippen LogP contribution in [-0.4, -0.2) is 33.8 Å². The van der Waals surface area contributed by atoms with Crippen molar-refractivity contribution in [1.29, 1.82) is 0 Å². The summed E-state index contributed by atoms with van der Waals surface area (Å²) in [4.78, 5) is 26.2. The van der Waals surface area contributed by atoms with E-state index in [0.717, 1.165) is 40.0 Å². The summed E-state index contributed by atoms with van der Waals surface area (Å²) in [5.41, 5.74) is 4.68. The van der Waals surface area contributed by atoms with Gasteiger partial charge >= 0.3 is 11.7 Å². The summed E-state index contributed by atoms with van der Waals surface area (Å²) in [5, 5.41) is 8.39. The molecule has 1 aliphatic heterocycles. The zero-order valence-electron chi connectivity index (χ0n) is 16.6. The number of nitrogens with one attached hydrogen (secondary N) is 1. The zero-order valence-corrected chi connectivity index (χ0v) is 16.6. The monoisotopic (exact) mass is 380 g/mol. The van der Waals surface area contributed by atoms with E-state index in [0.29, 0.717) is 18.7 Å². The quantitative estimate of drug-likeness (QED) is 0.688. The van der Waals surface area contributed by atoms with E-state index in [1.165, 1.54) is 6.07 Å². The molecule has 4 rings (SSSR count). The normalized spacial score (nSPS) is 16.7. The van der Waals surface area contributed by atoms with Gasteiger partial charge in [0.1, 0.15) is 5.58 Å². The van der Waals surface area contributed by atoms with Crippen LogP contribution in [0.3, 0.4) is 0 Å². The maximum absolute atomic E-state index is 12.8. The van der Waals surface area contributed by atoms with Crippen LogP contribution in [-0.2, 0) is 0 Å². The number of amides is 2. The molecule has 0 radical (unpaired) electrons. The first-order valence-electron chi connectivity index (χ1n) is 9.45. The summed E-state index contributed by atoms with van der Waals surface area (Å²) < 4.78 is 7.29. The number of likely N-dealkylation sites (tertiary alicyclic amines) is 1. The van der Waals surface area contributed by atoms with Gasteiger partial charge in [-0.3, -0.25) is 4.68 Å². The summed E-state index contributed by atoms with van der Waals surface area (Å²) in [6, 6.07) is 7.26. The molecule has 3 aromatic rings. The lowest BCUT2D eigenvalue weighted by molar-refractivity contribution is 0.220. The molecule has 28 heavy (non-hydrogen) atoms. The molecule has 1 aliphatic rings. The van der Waals surface area contributed by atoms with E-state index < -0.39 is 0 Å². The third-order valence-corrected chi connectivity index (χ3v) is 5.38. The molecule has 0 aliphatic carbocycles. The average Bonchev–Trinajstić information content (AvgIpc) is 3.22. The first kappa shape index (κ1) is 18.3. The van der Waals surface area contributed by atoms with Crippen molar-refractivity contribution in [2.24, 2.45) is 0 Å². The number of rotatable bonds is 2. The molecule has 7 heteroatoms. The predicted molar refractivity (Wildman–Crippen MR) is 108 cm³/mol. The van der Waals surface area contributed by atoms with Crippen LogP contribution in [0.25, 0.3) is 11.0 Å². The highest BCUT2D eigenvalue weighted by Gasteiger charge is 2.29. The van der Waals surface area contributed by atoms with E-state index in [9.17, 15) is 9.59 Å². The highest BCUT2D eigenvalue weighted by molar-refractivity contribution is 5.94. The Hall–Kier alpha value is -3.09. The van der Waals surface area contributed by atoms with Crippen molar-refractivity contribution in [2.75, 3.05) is 18.4 Å². The van der Waals surface area contributed by atoms with Gasteiger partial charge in [0.25, 0.3) is 0 Å². The van der Waals surface area contributed by atoms with E-state index in [1.54, 1.807) is 6.07 Å². The summed E-state index contributed by atoms with van der Waals surface area (Å²) in [5.74, 6) is 0. The van der Waals surface area contributed by atoms with Crippen LogP contribution in [0.5, 0.6) is 0 Å². The SMILES string of the molecule is Cc1cc(C)n([C@H]2CCN(C(=O)Nc3cc4c(C)cc(=O)oc4cc3C)C2)n1. The van der Waals surface area contributed by atoms with Gasteiger partial charge in [-0.1, -0.05) is 0 Å². The smallest absolute Gasteiger partial charge is 0.336 e. The molecule has 1 atom stereocenters. The minimum Gasteiger partial charge on any atom is -0.423 e. The fourth-order valence-electron chi connectivity index (χ4n) is 3.94. The maximum atomic E-state index is 12.8. The lowest BCUT2D eigenvalue weighted by Gasteiger charge is -2.19. The summed E-state index contributed by atoms with van der Waals surface area (Å²) in [6.07, 6.45) is 0.885. The summed E-state index contributed by atoms with van der Waals surface area (Å²) in [6.45, 7) is 9.10. The number of benzene rings is 1. The lowest BCUT2D eigenvalue weighted by atomic mass is 10.1. The lowest BCUT2D eigenvalue weighted by Crippen LogP contribution is -2.33. The number of anilines is 1. The number of fused-ring (bicyclic) bond motifs is 1. The van der Waals surface area contributed by atoms with Crippen molar-refractivity contribution < 1.29 is 9.21 Å². The van der Waals surface area contributed by atoms with Crippen LogP contribution in [0.2, 0.25) is 0 Å². The second-order valence-electron chi connectivity index (χ2n) is 7.60. The molecule has 0 unspecified atom stereocenters. The molecule has 1 N–H and O–H groups in total. The molecule has 1 fully saturated rings. The van der Waals surface area contributed by atoms with Gasteiger partial charge in [0, 0.05) is 35.9 Å². The average molecular weight is 380 g/mol. The molecule has 0 saturated carbocycles. The summed E-state index contributed by atoms with van der Waals surface area (Å²) >= 11 is 0. The Morgan fingerprint density at radius 2 is 1.93 bits per heavy atom. The van der Waals surface area contributed by atoms with Crippen LogP contribution < -0.4 is 10.9 Å². The Morgan fingerprint density at radius 3 is 2.64 bits per heavy atom. The fourth-order valence-corrected chi connectivity index (χ4v) is 3.94. The van der Waals surface area contributed by atoms with Crippen molar-refractivity contribution in [1.82, 2.24) is 14.7 Å². The highest BCUT2D eigenvalue weighted by atomic mass is 16.4. The van der Waals surface area contributed by atoms with Gasteiger partial charge in [-0.2, -0.15) is 5.10 Å². The molecule has 146 valence electrons. The number of hydrogen-bond acceptors (Lipinski definition) is 4. The molecule has 7 nitrogen and oxygen atoms in total. The minimum atomic E-state index is -0.367. The second-order valence-corrected chi connectivity index (χ2v) is 7.60. The predicted octanol–water partition coefficient (Wildman–Crippen LogP) is 3.70. The van der Waals surface area contributed by atoms with Crippen molar-refractivity contribution in [3.05, 3.63) is 57.2 Å². The van der Waals surface area contributed by atoms with Crippen LogP contribution in [0, 0.1) is 27.7 Å².